The number of aliphatic hydroxyl groups excluding tert-OH is 1. The average Bonchev–Trinajstić information content (AvgIpc) is 3.36. The van der Waals surface area contributed by atoms with Gasteiger partial charge >= 0.3 is 17.9 Å². The zero-order valence-corrected chi connectivity index (χ0v) is 22.6. The number of aliphatic hydroxyl groups is 1. The number of hydrogen-bond donors (Lipinski definition) is 6. The summed E-state index contributed by atoms with van der Waals surface area (Å²) in [5, 5.41) is 41.1. The van der Waals surface area contributed by atoms with Gasteiger partial charge in [0.25, 0.3) is 11.5 Å². The summed E-state index contributed by atoms with van der Waals surface area (Å²) in [6.45, 7) is -1.00. The molecule has 0 aliphatic rings. The number of amides is 1. The maximum Gasteiger partial charge on any atom is 0.348 e. The predicted octanol–water partition coefficient (Wildman–Crippen LogP) is 0.278. The lowest BCUT2D eigenvalue weighted by atomic mass is 9.93. The van der Waals surface area contributed by atoms with Crippen LogP contribution >= 0.6 is 11.6 Å². The number of halogens is 2. The van der Waals surface area contributed by atoms with Crippen molar-refractivity contribution in [2.45, 2.75) is 36.9 Å². The minimum Gasteiger partial charge on any atom is -0.481 e. The van der Waals surface area contributed by atoms with Gasteiger partial charge in [0.15, 0.2) is 11.5 Å². The van der Waals surface area contributed by atoms with E-state index >= 15 is 4.39 Å². The van der Waals surface area contributed by atoms with Crippen LogP contribution in [0.15, 0.2) is 30.6 Å². The molecule has 2 aromatic heterocycles. The van der Waals surface area contributed by atoms with E-state index in [0.717, 1.165) is 18.0 Å². The summed E-state index contributed by atoms with van der Waals surface area (Å²) in [7, 11) is 1.07. The number of rotatable bonds is 15. The molecule has 7 N–H and O–H groups in total. The molecule has 0 saturated carbocycles. The number of aromatic nitrogens is 4. The Morgan fingerprint density at radius 2 is 1.79 bits per heavy atom. The maximum atomic E-state index is 15.4. The predicted molar refractivity (Wildman–Crippen MR) is 140 cm³/mol. The summed E-state index contributed by atoms with van der Waals surface area (Å²) >= 11 is 5.78. The van der Waals surface area contributed by atoms with Gasteiger partial charge in [0.2, 0.25) is 11.6 Å². The number of benzene rings is 1. The Hall–Kier alpha value is -4.45. The lowest BCUT2D eigenvalue weighted by Gasteiger charge is -2.30. The molecule has 0 aliphatic carbocycles. The van der Waals surface area contributed by atoms with E-state index in [4.69, 9.17) is 31.9 Å². The van der Waals surface area contributed by atoms with Gasteiger partial charge in [0.1, 0.15) is 17.7 Å². The van der Waals surface area contributed by atoms with Gasteiger partial charge in [-0.2, -0.15) is 9.97 Å². The number of aliphatic carboxylic acids is 3. The van der Waals surface area contributed by atoms with Crippen molar-refractivity contribution in [1.29, 1.82) is 0 Å². The molecule has 3 atom stereocenters. The standard InChI is InChI=1S/C24H26ClFN6O10/c1-41-13(16(35)17(26)32-10-29-15-18(27)30-23(25)31-19(15)32)9-42-24(21(37)38,22(39)40)8-11-2-4-12(5-3-11)20(36)28-7-6-14(33)34/h2-5,10,13,16-17,35H,6-9H2,1H3,(H,28,36)(H,33,34)(H,37,38)(H,39,40)(H2,27,30,31)/t13-,16-,17-/m1/s1. The van der Waals surface area contributed by atoms with E-state index < -0.39 is 60.9 Å². The van der Waals surface area contributed by atoms with Crippen molar-refractivity contribution in [2.75, 3.05) is 26.0 Å². The highest BCUT2D eigenvalue weighted by atomic mass is 35.5. The summed E-state index contributed by atoms with van der Waals surface area (Å²) in [4.78, 5) is 58.5. The maximum absolute atomic E-state index is 15.4. The molecule has 0 aliphatic heterocycles. The van der Waals surface area contributed by atoms with Crippen LogP contribution in [0.2, 0.25) is 5.28 Å². The smallest absolute Gasteiger partial charge is 0.348 e. The number of methoxy groups -OCH3 is 1. The number of imidazole rings is 1. The number of hydrogen-bond acceptors (Lipinski definition) is 11. The first kappa shape index (κ1) is 32.1. The van der Waals surface area contributed by atoms with Crippen molar-refractivity contribution in [3.8, 4) is 0 Å². The summed E-state index contributed by atoms with van der Waals surface area (Å²) in [5.74, 6) is -5.63. The quantitative estimate of drug-likeness (QED) is 0.0996. The first-order chi connectivity index (χ1) is 19.8. The third-order valence-electron chi connectivity index (χ3n) is 6.13. The first-order valence-electron chi connectivity index (χ1n) is 12.0. The topological polar surface area (TPSA) is 249 Å². The number of ether oxygens (including phenoxy) is 2. The van der Waals surface area contributed by atoms with Crippen LogP contribution in [-0.4, -0.2) is 102 Å². The second kappa shape index (κ2) is 13.5. The fraction of sp³-hybridized carbons (Fsp3) is 0.375. The SMILES string of the molecule is CO[C@H](COC(Cc1ccc(C(=O)NCCC(=O)O)cc1)(C(=O)O)C(=O)O)[C@@H](O)[C@H](F)n1cnc2c(N)nc(Cl)nc21. The van der Waals surface area contributed by atoms with Crippen LogP contribution in [0, 0.1) is 0 Å². The van der Waals surface area contributed by atoms with Crippen LogP contribution in [0.4, 0.5) is 10.2 Å². The van der Waals surface area contributed by atoms with Gasteiger partial charge in [0, 0.05) is 25.6 Å². The number of carboxylic acid groups (broad SMARTS) is 3. The van der Waals surface area contributed by atoms with E-state index in [1.165, 1.54) is 24.3 Å². The number of nitrogens with one attached hydrogen (secondary N) is 1. The highest BCUT2D eigenvalue weighted by Gasteiger charge is 2.49. The number of fused-ring (bicyclic) bond motifs is 1. The van der Waals surface area contributed by atoms with Crippen LogP contribution in [0.25, 0.3) is 11.2 Å². The van der Waals surface area contributed by atoms with Gasteiger partial charge in [-0.05, 0) is 29.3 Å². The van der Waals surface area contributed by atoms with Crippen LogP contribution in [0.5, 0.6) is 0 Å². The lowest BCUT2D eigenvalue weighted by Crippen LogP contribution is -2.53. The average molecular weight is 613 g/mol. The summed E-state index contributed by atoms with van der Waals surface area (Å²) in [6.07, 6.45) is -5.97. The number of anilines is 1. The van der Waals surface area contributed by atoms with Gasteiger partial charge in [-0.15, -0.1) is 0 Å². The van der Waals surface area contributed by atoms with Crippen LogP contribution in [0.3, 0.4) is 0 Å². The van der Waals surface area contributed by atoms with Crippen molar-refractivity contribution < 1.29 is 53.5 Å². The van der Waals surface area contributed by atoms with E-state index in [2.05, 4.69) is 20.3 Å². The molecule has 0 unspecified atom stereocenters. The first-order valence-corrected chi connectivity index (χ1v) is 12.4. The molecule has 0 fully saturated rings. The monoisotopic (exact) mass is 612 g/mol. The highest BCUT2D eigenvalue weighted by molar-refractivity contribution is 6.28. The van der Waals surface area contributed by atoms with Gasteiger partial charge < -0.3 is 41.0 Å². The number of carboxylic acids is 3. The molecule has 16 nitrogen and oxygen atoms in total. The Labute approximate surface area is 240 Å². The second-order valence-corrected chi connectivity index (χ2v) is 9.20. The molecule has 1 amide bonds. The van der Waals surface area contributed by atoms with E-state index in [9.17, 15) is 34.5 Å². The van der Waals surface area contributed by atoms with Crippen LogP contribution < -0.4 is 11.1 Å². The summed E-state index contributed by atoms with van der Waals surface area (Å²) in [6, 6.07) is 5.15. The molecule has 0 spiro atoms. The fourth-order valence-corrected chi connectivity index (χ4v) is 4.00. The molecule has 3 rings (SSSR count). The van der Waals surface area contributed by atoms with Crippen molar-refractivity contribution in [3.63, 3.8) is 0 Å². The molecule has 0 radical (unpaired) electrons. The highest BCUT2D eigenvalue weighted by Crippen LogP contribution is 2.27. The van der Waals surface area contributed by atoms with Crippen molar-refractivity contribution in [1.82, 2.24) is 24.8 Å². The number of carbonyl (C=O) groups is 4. The van der Waals surface area contributed by atoms with E-state index in [0.29, 0.717) is 0 Å². The Morgan fingerprint density at radius 3 is 2.36 bits per heavy atom. The largest absolute Gasteiger partial charge is 0.481 e. The van der Waals surface area contributed by atoms with Gasteiger partial charge in [-0.3, -0.25) is 14.2 Å². The molecule has 0 bridgehead atoms. The molecule has 2 heterocycles. The summed E-state index contributed by atoms with van der Waals surface area (Å²) in [5.41, 5.74) is 2.90. The molecule has 3 aromatic rings. The van der Waals surface area contributed by atoms with E-state index in [1.54, 1.807) is 0 Å². The molecule has 1 aromatic carbocycles. The molecule has 42 heavy (non-hydrogen) atoms. The van der Waals surface area contributed by atoms with E-state index in [-0.39, 0.29) is 46.4 Å². The van der Waals surface area contributed by atoms with Gasteiger partial charge in [0.05, 0.1) is 19.4 Å². The number of nitrogens with zero attached hydrogens (tertiary/aromatic N) is 4. The molecular formula is C24H26ClFN6O10. The Morgan fingerprint density at radius 1 is 1.14 bits per heavy atom. The fourth-order valence-electron chi connectivity index (χ4n) is 3.83. The number of carbonyl (C=O) groups excluding carboxylic acids is 1. The minimum absolute atomic E-state index is 0.000927. The van der Waals surface area contributed by atoms with E-state index in [1.807, 2.05) is 0 Å². The Bertz CT molecular complexity index is 1460. The zero-order valence-electron chi connectivity index (χ0n) is 21.8. The van der Waals surface area contributed by atoms with Crippen LogP contribution in [0.1, 0.15) is 28.6 Å². The Balaban J connectivity index is 1.77. The third-order valence-corrected chi connectivity index (χ3v) is 6.30. The third kappa shape index (κ3) is 7.06. The number of nitrogens with two attached hydrogens (primary N) is 1. The zero-order chi connectivity index (χ0) is 31.2. The van der Waals surface area contributed by atoms with Gasteiger partial charge in [-0.1, -0.05) is 12.1 Å². The molecule has 0 saturated heterocycles. The van der Waals surface area contributed by atoms with Gasteiger partial charge in [-0.25, -0.2) is 19.0 Å². The number of nitrogen functional groups attached to an aromatic ring is 1. The minimum atomic E-state index is -2.90. The molecule has 18 heteroatoms. The number of alkyl halides is 1. The summed E-state index contributed by atoms with van der Waals surface area (Å²) < 4.78 is 26.6. The molecule has 226 valence electrons. The Kier molecular flexibility index (Phi) is 10.3. The normalized spacial score (nSPS) is 13.8. The van der Waals surface area contributed by atoms with Crippen molar-refractivity contribution in [2.24, 2.45) is 0 Å². The van der Waals surface area contributed by atoms with Crippen molar-refractivity contribution >= 4 is 52.4 Å². The molecular weight excluding hydrogens is 587 g/mol. The van der Waals surface area contributed by atoms with Crippen molar-refractivity contribution in [3.05, 3.63) is 47.0 Å². The lowest BCUT2D eigenvalue weighted by molar-refractivity contribution is -0.192. The second-order valence-electron chi connectivity index (χ2n) is 8.86. The van der Waals surface area contributed by atoms with Crippen LogP contribution in [-0.2, 0) is 30.3 Å².